The Kier molecular flexibility index (Phi) is 2.05. The molecule has 0 aliphatic carbocycles. The topological polar surface area (TPSA) is 57.6 Å². The number of imide groups is 1. The highest BCUT2D eigenvalue weighted by Gasteiger charge is 2.28. The van der Waals surface area contributed by atoms with Crippen LogP contribution < -0.4 is 0 Å². The van der Waals surface area contributed by atoms with Gasteiger partial charge in [-0.1, -0.05) is 6.92 Å². The van der Waals surface area contributed by atoms with E-state index in [-0.39, 0.29) is 12.3 Å². The second-order valence-electron chi connectivity index (χ2n) is 2.23. The van der Waals surface area contributed by atoms with Gasteiger partial charge in [0, 0.05) is 12.5 Å². The molecule has 0 saturated carbocycles. The van der Waals surface area contributed by atoms with Crippen molar-refractivity contribution < 1.29 is 14.7 Å². The molecule has 1 aliphatic heterocycles. The van der Waals surface area contributed by atoms with Crippen molar-refractivity contribution in [3.63, 3.8) is 0 Å². The second kappa shape index (κ2) is 2.84. The molecule has 1 atom stereocenters. The molecule has 0 aromatic carbocycles. The van der Waals surface area contributed by atoms with Gasteiger partial charge < -0.3 is 5.11 Å². The van der Waals surface area contributed by atoms with Gasteiger partial charge in [-0.3, -0.25) is 9.59 Å². The summed E-state index contributed by atoms with van der Waals surface area (Å²) in [5, 5.41) is 9.06. The van der Waals surface area contributed by atoms with E-state index in [4.69, 9.17) is 5.11 Å². The summed E-state index contributed by atoms with van der Waals surface area (Å²) in [5.41, 5.74) is 0. The largest absolute Gasteiger partial charge is 0.369 e. The Bertz CT molecular complexity index is 222. The van der Waals surface area contributed by atoms with Gasteiger partial charge >= 0.3 is 0 Å². The molecule has 1 rings (SSSR count). The van der Waals surface area contributed by atoms with Crippen molar-refractivity contribution in [1.82, 2.24) is 4.90 Å². The molecule has 0 bridgehead atoms. The number of aliphatic hydroxyl groups excluding tert-OH is 1. The predicted octanol–water partition coefficient (Wildman–Crippen LogP) is -0.360. The van der Waals surface area contributed by atoms with Gasteiger partial charge in [-0.05, 0) is 6.08 Å². The lowest BCUT2D eigenvalue weighted by Crippen LogP contribution is -2.38. The van der Waals surface area contributed by atoms with Crippen LogP contribution in [0.2, 0.25) is 0 Å². The fraction of sp³-hybridized carbons (Fsp3) is 0.429. The van der Waals surface area contributed by atoms with Crippen molar-refractivity contribution in [2.45, 2.75) is 19.6 Å². The molecule has 1 aliphatic rings. The molecule has 0 aromatic heterocycles. The molecule has 1 N–H and O–H groups in total. The zero-order valence-corrected chi connectivity index (χ0v) is 6.15. The quantitative estimate of drug-likeness (QED) is 0.562. The fourth-order valence-corrected chi connectivity index (χ4v) is 0.906. The number of rotatable bonds is 1. The molecule has 0 fully saturated rings. The Labute approximate surface area is 64.1 Å². The van der Waals surface area contributed by atoms with E-state index in [0.717, 1.165) is 4.90 Å². The molecular formula is C7H9NO3. The third-order valence-corrected chi connectivity index (χ3v) is 1.48. The van der Waals surface area contributed by atoms with E-state index in [0.29, 0.717) is 0 Å². The number of aliphatic hydroxyl groups is 1. The van der Waals surface area contributed by atoms with Crippen LogP contribution in [0.5, 0.6) is 0 Å². The Balaban J connectivity index is 2.73. The van der Waals surface area contributed by atoms with E-state index in [1.54, 1.807) is 6.92 Å². The standard InChI is InChI=1S/C7H9NO3/c1-2-5(9)8-6(10)3-4-7(8)11/h3-4,6,10H,2H2,1H3/t6-/m0/s1. The van der Waals surface area contributed by atoms with Crippen LogP contribution in [0.25, 0.3) is 0 Å². The SMILES string of the molecule is CCC(=O)N1C(=O)C=C[C@@H]1O. The normalized spacial score (nSPS) is 22.9. The highest BCUT2D eigenvalue weighted by molar-refractivity contribution is 6.03. The van der Waals surface area contributed by atoms with Crippen LogP contribution >= 0.6 is 0 Å². The fourth-order valence-electron chi connectivity index (χ4n) is 0.906. The van der Waals surface area contributed by atoms with Crippen LogP contribution in [-0.2, 0) is 9.59 Å². The number of hydrogen-bond acceptors (Lipinski definition) is 3. The van der Waals surface area contributed by atoms with Crippen molar-refractivity contribution in [1.29, 1.82) is 0 Å². The van der Waals surface area contributed by atoms with E-state index < -0.39 is 12.1 Å². The number of carbonyl (C=O) groups is 2. The van der Waals surface area contributed by atoms with Crippen LogP contribution in [0.4, 0.5) is 0 Å². The lowest BCUT2D eigenvalue weighted by Gasteiger charge is -2.16. The Morgan fingerprint density at radius 1 is 1.82 bits per heavy atom. The van der Waals surface area contributed by atoms with Crippen LogP contribution in [0.1, 0.15) is 13.3 Å². The molecule has 60 valence electrons. The average molecular weight is 155 g/mol. The van der Waals surface area contributed by atoms with Crippen LogP contribution in [0.15, 0.2) is 12.2 Å². The summed E-state index contributed by atoms with van der Waals surface area (Å²) in [4.78, 5) is 22.6. The zero-order valence-electron chi connectivity index (χ0n) is 6.15. The van der Waals surface area contributed by atoms with E-state index in [2.05, 4.69) is 0 Å². The summed E-state index contributed by atoms with van der Waals surface area (Å²) in [6, 6.07) is 0. The average Bonchev–Trinajstić information content (AvgIpc) is 2.30. The van der Waals surface area contributed by atoms with Crippen LogP contribution in [0, 0.1) is 0 Å². The van der Waals surface area contributed by atoms with Crippen molar-refractivity contribution in [3.05, 3.63) is 12.2 Å². The maximum Gasteiger partial charge on any atom is 0.255 e. The second-order valence-corrected chi connectivity index (χ2v) is 2.23. The summed E-state index contributed by atoms with van der Waals surface area (Å²) in [6.45, 7) is 1.64. The lowest BCUT2D eigenvalue weighted by atomic mass is 10.4. The Morgan fingerprint density at radius 3 is 2.82 bits per heavy atom. The minimum atomic E-state index is -1.06. The Hall–Kier alpha value is -1.16. The number of amides is 2. The highest BCUT2D eigenvalue weighted by atomic mass is 16.3. The first-order valence-electron chi connectivity index (χ1n) is 3.39. The lowest BCUT2D eigenvalue weighted by molar-refractivity contribution is -0.148. The minimum Gasteiger partial charge on any atom is -0.369 e. The van der Waals surface area contributed by atoms with Gasteiger partial charge in [0.15, 0.2) is 6.23 Å². The van der Waals surface area contributed by atoms with Gasteiger partial charge in [0.05, 0.1) is 0 Å². The molecule has 2 amide bonds. The summed E-state index contributed by atoms with van der Waals surface area (Å²) < 4.78 is 0. The van der Waals surface area contributed by atoms with Crippen LogP contribution in [-0.4, -0.2) is 28.0 Å². The summed E-state index contributed by atoms with van der Waals surface area (Å²) >= 11 is 0. The van der Waals surface area contributed by atoms with Crippen molar-refractivity contribution in [2.75, 3.05) is 0 Å². The van der Waals surface area contributed by atoms with E-state index >= 15 is 0 Å². The first-order chi connectivity index (χ1) is 5.16. The highest BCUT2D eigenvalue weighted by Crippen LogP contribution is 2.09. The predicted molar refractivity (Wildman–Crippen MR) is 37.3 cm³/mol. The van der Waals surface area contributed by atoms with Gasteiger partial charge in [-0.25, -0.2) is 4.90 Å². The maximum absolute atomic E-state index is 10.9. The molecule has 0 saturated heterocycles. The number of hydrogen-bond donors (Lipinski definition) is 1. The molecule has 0 aromatic rings. The first kappa shape index (κ1) is 7.94. The van der Waals surface area contributed by atoms with Gasteiger partial charge in [-0.2, -0.15) is 0 Å². The third kappa shape index (κ3) is 1.30. The summed E-state index contributed by atoms with van der Waals surface area (Å²) in [7, 11) is 0. The monoisotopic (exact) mass is 155 g/mol. The molecular weight excluding hydrogens is 146 g/mol. The van der Waals surface area contributed by atoms with Gasteiger partial charge in [0.2, 0.25) is 5.91 Å². The molecule has 0 unspecified atom stereocenters. The van der Waals surface area contributed by atoms with Gasteiger partial charge in [0.1, 0.15) is 0 Å². The van der Waals surface area contributed by atoms with E-state index in [1.807, 2.05) is 0 Å². The summed E-state index contributed by atoms with van der Waals surface area (Å²) in [5.74, 6) is -0.795. The van der Waals surface area contributed by atoms with E-state index in [1.165, 1.54) is 12.2 Å². The smallest absolute Gasteiger partial charge is 0.255 e. The molecule has 4 nitrogen and oxygen atoms in total. The number of carbonyl (C=O) groups excluding carboxylic acids is 2. The van der Waals surface area contributed by atoms with Crippen LogP contribution in [0.3, 0.4) is 0 Å². The van der Waals surface area contributed by atoms with Crippen molar-refractivity contribution >= 4 is 11.8 Å². The molecule has 1 heterocycles. The zero-order chi connectivity index (χ0) is 8.43. The minimum absolute atomic E-state index is 0.227. The van der Waals surface area contributed by atoms with Crippen molar-refractivity contribution in [3.8, 4) is 0 Å². The molecule has 11 heavy (non-hydrogen) atoms. The number of nitrogens with zero attached hydrogens (tertiary/aromatic N) is 1. The third-order valence-electron chi connectivity index (χ3n) is 1.48. The maximum atomic E-state index is 10.9. The van der Waals surface area contributed by atoms with Gasteiger partial charge in [0.25, 0.3) is 5.91 Å². The first-order valence-corrected chi connectivity index (χ1v) is 3.39. The molecule has 4 heteroatoms. The molecule has 0 radical (unpaired) electrons. The van der Waals surface area contributed by atoms with Gasteiger partial charge in [-0.15, -0.1) is 0 Å². The van der Waals surface area contributed by atoms with E-state index in [9.17, 15) is 9.59 Å². The molecule has 0 spiro atoms. The Morgan fingerprint density at radius 2 is 2.45 bits per heavy atom. The summed E-state index contributed by atoms with van der Waals surface area (Å²) in [6.07, 6.45) is 1.65. The van der Waals surface area contributed by atoms with Crippen molar-refractivity contribution in [2.24, 2.45) is 0 Å².